The predicted octanol–water partition coefficient (Wildman–Crippen LogP) is 3.71. The van der Waals surface area contributed by atoms with Crippen molar-refractivity contribution < 1.29 is 0 Å². The Labute approximate surface area is 88.4 Å². The maximum absolute atomic E-state index is 5.81. The first kappa shape index (κ1) is 9.22. The predicted molar refractivity (Wildman–Crippen MR) is 59.4 cm³/mol. The topological polar surface area (TPSA) is 12.9 Å². The molecule has 1 heterocycles. The molecule has 1 aromatic heterocycles. The van der Waals surface area contributed by atoms with Crippen LogP contribution >= 0.6 is 11.6 Å². The van der Waals surface area contributed by atoms with E-state index in [9.17, 15) is 0 Å². The van der Waals surface area contributed by atoms with Crippen LogP contribution in [0.15, 0.2) is 42.6 Å². The summed E-state index contributed by atoms with van der Waals surface area (Å²) in [5.74, 6) is 0. The molecule has 1 aromatic carbocycles. The molecule has 0 spiro atoms. The molecule has 0 bridgehead atoms. The zero-order chi connectivity index (χ0) is 9.97. The quantitative estimate of drug-likeness (QED) is 0.689. The molecular formula is C12H10ClN. The smallest absolute Gasteiger partial charge is 0.0406 e. The van der Waals surface area contributed by atoms with Crippen molar-refractivity contribution in [1.29, 1.82) is 0 Å². The van der Waals surface area contributed by atoms with Gasteiger partial charge in [-0.3, -0.25) is 4.98 Å². The van der Waals surface area contributed by atoms with Gasteiger partial charge < -0.3 is 0 Å². The van der Waals surface area contributed by atoms with E-state index >= 15 is 0 Å². The van der Waals surface area contributed by atoms with E-state index in [1.54, 1.807) is 0 Å². The molecule has 0 fully saturated rings. The van der Waals surface area contributed by atoms with Crippen LogP contribution in [0.4, 0.5) is 0 Å². The number of benzene rings is 1. The van der Waals surface area contributed by atoms with E-state index in [4.69, 9.17) is 11.6 Å². The molecule has 14 heavy (non-hydrogen) atoms. The number of pyridine rings is 1. The van der Waals surface area contributed by atoms with Crippen LogP contribution in [0.25, 0.3) is 11.1 Å². The Hall–Kier alpha value is -1.34. The first-order valence-electron chi connectivity index (χ1n) is 4.44. The highest BCUT2D eigenvalue weighted by molar-refractivity contribution is 6.30. The van der Waals surface area contributed by atoms with Gasteiger partial charge in [0.15, 0.2) is 0 Å². The summed E-state index contributed by atoms with van der Waals surface area (Å²) in [4.78, 5) is 4.24. The fourth-order valence-electron chi connectivity index (χ4n) is 1.28. The second-order valence-electron chi connectivity index (χ2n) is 3.20. The molecular weight excluding hydrogens is 194 g/mol. The van der Waals surface area contributed by atoms with E-state index in [1.807, 2.05) is 43.5 Å². The van der Waals surface area contributed by atoms with Crippen molar-refractivity contribution in [3.8, 4) is 11.1 Å². The lowest BCUT2D eigenvalue weighted by molar-refractivity contribution is 1.20. The third-order valence-electron chi connectivity index (χ3n) is 2.09. The Kier molecular flexibility index (Phi) is 2.51. The third-order valence-corrected chi connectivity index (χ3v) is 2.34. The maximum atomic E-state index is 5.81. The number of nitrogens with zero attached hydrogens (tertiary/aromatic N) is 1. The number of rotatable bonds is 1. The van der Waals surface area contributed by atoms with Gasteiger partial charge in [0, 0.05) is 22.5 Å². The molecule has 0 aliphatic heterocycles. The van der Waals surface area contributed by atoms with Crippen molar-refractivity contribution in [1.82, 2.24) is 4.98 Å². The Bertz CT molecular complexity index is 374. The minimum Gasteiger partial charge on any atom is -0.261 e. The summed E-state index contributed by atoms with van der Waals surface area (Å²) in [7, 11) is 0. The molecule has 70 valence electrons. The van der Waals surface area contributed by atoms with Crippen LogP contribution in [0.2, 0.25) is 5.02 Å². The first-order valence-corrected chi connectivity index (χ1v) is 4.82. The second-order valence-corrected chi connectivity index (χ2v) is 3.63. The van der Waals surface area contributed by atoms with Gasteiger partial charge in [0.05, 0.1) is 0 Å². The van der Waals surface area contributed by atoms with Crippen LogP contribution in [0.1, 0.15) is 5.69 Å². The van der Waals surface area contributed by atoms with Gasteiger partial charge in [0.1, 0.15) is 0 Å². The summed E-state index contributed by atoms with van der Waals surface area (Å²) in [6.07, 6.45) is 1.87. The lowest BCUT2D eigenvalue weighted by atomic mass is 10.1. The number of hydrogen-bond donors (Lipinski definition) is 0. The van der Waals surface area contributed by atoms with Crippen molar-refractivity contribution >= 4 is 11.6 Å². The van der Waals surface area contributed by atoms with Crippen molar-refractivity contribution in [3.63, 3.8) is 0 Å². The Morgan fingerprint density at radius 2 is 1.57 bits per heavy atom. The van der Waals surface area contributed by atoms with Gasteiger partial charge >= 0.3 is 0 Å². The van der Waals surface area contributed by atoms with Crippen molar-refractivity contribution in [2.75, 3.05) is 0 Å². The minimum absolute atomic E-state index is 0.758. The molecule has 0 saturated carbocycles. The third kappa shape index (κ3) is 1.94. The molecule has 2 aromatic rings. The Balaban J connectivity index is 2.40. The Morgan fingerprint density at radius 3 is 2.14 bits per heavy atom. The fourth-order valence-corrected chi connectivity index (χ4v) is 1.41. The first-order chi connectivity index (χ1) is 6.75. The number of aryl methyl sites for hydroxylation is 1. The van der Waals surface area contributed by atoms with Gasteiger partial charge in [0.2, 0.25) is 0 Å². The van der Waals surface area contributed by atoms with Gasteiger partial charge in [-0.15, -0.1) is 0 Å². The van der Waals surface area contributed by atoms with Crippen molar-refractivity contribution in [2.45, 2.75) is 6.92 Å². The zero-order valence-corrected chi connectivity index (χ0v) is 8.62. The average Bonchev–Trinajstić information content (AvgIpc) is 2.21. The molecule has 0 aliphatic carbocycles. The lowest BCUT2D eigenvalue weighted by Crippen LogP contribution is -1.82. The van der Waals surface area contributed by atoms with Crippen LogP contribution < -0.4 is 0 Å². The van der Waals surface area contributed by atoms with Crippen molar-refractivity contribution in [2.24, 2.45) is 0 Å². The lowest BCUT2D eigenvalue weighted by Gasteiger charge is -2.01. The molecule has 1 nitrogen and oxygen atoms in total. The molecule has 2 heteroatoms. The van der Waals surface area contributed by atoms with E-state index in [1.165, 1.54) is 0 Å². The molecule has 0 radical (unpaired) electrons. The number of aromatic nitrogens is 1. The second kappa shape index (κ2) is 3.81. The molecule has 2 rings (SSSR count). The standard InChI is InChI=1S/C12H10ClN/c1-9-2-3-11(8-14-9)10-4-6-12(13)7-5-10/h2-8H,1H3. The highest BCUT2D eigenvalue weighted by atomic mass is 35.5. The summed E-state index contributed by atoms with van der Waals surface area (Å²) in [5.41, 5.74) is 3.29. The maximum Gasteiger partial charge on any atom is 0.0406 e. The fraction of sp³-hybridized carbons (Fsp3) is 0.0833. The number of halogens is 1. The number of hydrogen-bond acceptors (Lipinski definition) is 1. The highest BCUT2D eigenvalue weighted by Crippen LogP contribution is 2.20. The van der Waals surface area contributed by atoms with E-state index < -0.39 is 0 Å². The molecule has 0 N–H and O–H groups in total. The van der Waals surface area contributed by atoms with Crippen LogP contribution in [0.5, 0.6) is 0 Å². The minimum atomic E-state index is 0.758. The largest absolute Gasteiger partial charge is 0.261 e. The zero-order valence-electron chi connectivity index (χ0n) is 7.87. The van der Waals surface area contributed by atoms with Crippen LogP contribution in [0.3, 0.4) is 0 Å². The van der Waals surface area contributed by atoms with Gasteiger partial charge in [-0.1, -0.05) is 29.8 Å². The van der Waals surface area contributed by atoms with Crippen LogP contribution in [-0.4, -0.2) is 4.98 Å². The summed E-state index contributed by atoms with van der Waals surface area (Å²) in [5, 5.41) is 0.758. The molecule has 0 amide bonds. The summed E-state index contributed by atoms with van der Waals surface area (Å²) in [6.45, 7) is 1.98. The normalized spacial score (nSPS) is 10.1. The molecule has 0 unspecified atom stereocenters. The average molecular weight is 204 g/mol. The van der Waals surface area contributed by atoms with Gasteiger partial charge in [-0.2, -0.15) is 0 Å². The summed E-state index contributed by atoms with van der Waals surface area (Å²) in [6, 6.07) is 11.8. The molecule has 0 atom stereocenters. The Morgan fingerprint density at radius 1 is 0.929 bits per heavy atom. The van der Waals surface area contributed by atoms with Crippen molar-refractivity contribution in [3.05, 3.63) is 53.3 Å². The molecule has 0 aliphatic rings. The molecule has 0 saturated heterocycles. The van der Waals surface area contributed by atoms with Gasteiger partial charge in [-0.05, 0) is 30.7 Å². The van der Waals surface area contributed by atoms with E-state index in [-0.39, 0.29) is 0 Å². The summed E-state index contributed by atoms with van der Waals surface area (Å²) < 4.78 is 0. The van der Waals surface area contributed by atoms with Gasteiger partial charge in [0.25, 0.3) is 0 Å². The van der Waals surface area contributed by atoms with Crippen LogP contribution in [-0.2, 0) is 0 Å². The van der Waals surface area contributed by atoms with Gasteiger partial charge in [-0.25, -0.2) is 0 Å². The summed E-state index contributed by atoms with van der Waals surface area (Å²) >= 11 is 5.81. The van der Waals surface area contributed by atoms with E-state index in [2.05, 4.69) is 11.1 Å². The van der Waals surface area contributed by atoms with Crippen LogP contribution in [0, 0.1) is 6.92 Å². The van der Waals surface area contributed by atoms with E-state index in [0.717, 1.165) is 21.8 Å². The SMILES string of the molecule is Cc1ccc(-c2ccc(Cl)cc2)cn1. The monoisotopic (exact) mass is 203 g/mol. The highest BCUT2D eigenvalue weighted by Gasteiger charge is 1.96. The van der Waals surface area contributed by atoms with E-state index in [0.29, 0.717) is 0 Å².